The van der Waals surface area contributed by atoms with E-state index < -0.39 is 6.04 Å². The number of carbonyl (C=O) groups excluding carboxylic acids is 2. The second-order valence-electron chi connectivity index (χ2n) is 9.99. The zero-order valence-electron chi connectivity index (χ0n) is 21.5. The topological polar surface area (TPSA) is 61.4 Å². The highest BCUT2D eigenvalue weighted by molar-refractivity contribution is 6.30. The van der Waals surface area contributed by atoms with Gasteiger partial charge in [-0.15, -0.1) is 0 Å². The molecule has 5 rings (SSSR count). The van der Waals surface area contributed by atoms with Crippen LogP contribution in [0.15, 0.2) is 91.0 Å². The maximum absolute atomic E-state index is 13.9. The van der Waals surface area contributed by atoms with Crippen molar-refractivity contribution in [3.63, 3.8) is 0 Å². The zero-order chi connectivity index (χ0) is 26.5. The summed E-state index contributed by atoms with van der Waals surface area (Å²) in [5, 5.41) is 9.69. The molecule has 2 unspecified atom stereocenters. The van der Waals surface area contributed by atoms with Crippen molar-refractivity contribution in [3.05, 3.63) is 118 Å². The molecule has 0 aliphatic carbocycles. The van der Waals surface area contributed by atoms with Gasteiger partial charge in [0.05, 0.1) is 0 Å². The third kappa shape index (κ3) is 6.24. The van der Waals surface area contributed by atoms with Crippen molar-refractivity contribution in [1.29, 1.82) is 0 Å². The first kappa shape index (κ1) is 26.0. The number of hydrogen-bond donors (Lipinski definition) is 2. The van der Waals surface area contributed by atoms with E-state index in [1.807, 2.05) is 60.4 Å². The van der Waals surface area contributed by atoms with Gasteiger partial charge in [0.15, 0.2) is 0 Å². The molecule has 4 aromatic rings. The van der Waals surface area contributed by atoms with E-state index in [1.165, 1.54) is 16.3 Å². The minimum absolute atomic E-state index is 0.0631. The lowest BCUT2D eigenvalue weighted by Gasteiger charge is -2.36. The van der Waals surface area contributed by atoms with Crippen molar-refractivity contribution in [2.45, 2.75) is 31.8 Å². The van der Waals surface area contributed by atoms with Crippen molar-refractivity contribution >= 4 is 34.2 Å². The van der Waals surface area contributed by atoms with Crippen molar-refractivity contribution in [3.8, 4) is 0 Å². The Bertz CT molecular complexity index is 1440. The van der Waals surface area contributed by atoms with Gasteiger partial charge in [0.2, 0.25) is 5.91 Å². The van der Waals surface area contributed by atoms with E-state index in [-0.39, 0.29) is 17.9 Å². The van der Waals surface area contributed by atoms with E-state index in [0.717, 1.165) is 17.5 Å². The summed E-state index contributed by atoms with van der Waals surface area (Å²) in [4.78, 5) is 28.9. The molecule has 2 N–H and O–H groups in total. The van der Waals surface area contributed by atoms with E-state index >= 15 is 0 Å². The Kier molecular flexibility index (Phi) is 8.06. The molecule has 0 radical (unpaired) electrons. The highest BCUT2D eigenvalue weighted by Crippen LogP contribution is 2.19. The van der Waals surface area contributed by atoms with Crippen LogP contribution >= 0.6 is 11.6 Å². The van der Waals surface area contributed by atoms with Crippen LogP contribution in [0.2, 0.25) is 5.02 Å². The average Bonchev–Trinajstić information content (AvgIpc) is 2.94. The molecule has 38 heavy (non-hydrogen) atoms. The molecule has 2 amide bonds. The Hall–Kier alpha value is -3.67. The molecule has 1 saturated heterocycles. The number of fused-ring (bicyclic) bond motifs is 1. The van der Waals surface area contributed by atoms with Crippen LogP contribution in [0, 0.1) is 6.92 Å². The Morgan fingerprint density at radius 2 is 1.66 bits per heavy atom. The quantitative estimate of drug-likeness (QED) is 0.349. The van der Waals surface area contributed by atoms with E-state index in [9.17, 15) is 9.59 Å². The van der Waals surface area contributed by atoms with Crippen molar-refractivity contribution in [2.24, 2.45) is 0 Å². The van der Waals surface area contributed by atoms with Crippen LogP contribution in [0.4, 0.5) is 0 Å². The summed E-state index contributed by atoms with van der Waals surface area (Å²) in [6.07, 6.45) is 1.22. The van der Waals surface area contributed by atoms with E-state index in [4.69, 9.17) is 11.6 Å². The van der Waals surface area contributed by atoms with Gasteiger partial charge in [-0.05, 0) is 59.0 Å². The number of benzene rings is 4. The third-order valence-electron chi connectivity index (χ3n) is 7.21. The van der Waals surface area contributed by atoms with Crippen molar-refractivity contribution in [1.82, 2.24) is 15.5 Å². The first-order valence-corrected chi connectivity index (χ1v) is 13.4. The Morgan fingerprint density at radius 1 is 0.947 bits per heavy atom. The molecule has 6 heteroatoms. The Labute approximate surface area is 228 Å². The maximum atomic E-state index is 13.9. The molecular formula is C32H32ClN3O2. The number of piperazine rings is 1. The van der Waals surface area contributed by atoms with Crippen LogP contribution in [-0.4, -0.2) is 48.4 Å². The molecule has 1 fully saturated rings. The summed E-state index contributed by atoms with van der Waals surface area (Å²) in [6, 6.07) is 29.2. The lowest BCUT2D eigenvalue weighted by atomic mass is 9.99. The minimum Gasteiger partial charge on any atom is -0.340 e. The van der Waals surface area contributed by atoms with Crippen LogP contribution in [0.3, 0.4) is 0 Å². The second kappa shape index (κ2) is 11.8. The van der Waals surface area contributed by atoms with Gasteiger partial charge >= 0.3 is 0 Å². The normalized spacial score (nSPS) is 16.3. The summed E-state index contributed by atoms with van der Waals surface area (Å²) in [6.45, 7) is 3.80. The lowest BCUT2D eigenvalue weighted by Crippen LogP contribution is -2.58. The molecule has 0 aromatic heterocycles. The second-order valence-corrected chi connectivity index (χ2v) is 10.4. The van der Waals surface area contributed by atoms with Gasteiger partial charge < -0.3 is 15.5 Å². The highest BCUT2D eigenvalue weighted by atomic mass is 35.5. The van der Waals surface area contributed by atoms with Gasteiger partial charge in [-0.2, -0.15) is 0 Å². The molecular weight excluding hydrogens is 494 g/mol. The van der Waals surface area contributed by atoms with E-state index in [2.05, 4.69) is 47.0 Å². The molecule has 5 nitrogen and oxygen atoms in total. The maximum Gasteiger partial charge on any atom is 0.252 e. The zero-order valence-corrected chi connectivity index (χ0v) is 22.2. The van der Waals surface area contributed by atoms with Gasteiger partial charge in [-0.25, -0.2) is 0 Å². The third-order valence-corrected chi connectivity index (χ3v) is 7.46. The fourth-order valence-corrected chi connectivity index (χ4v) is 5.28. The summed E-state index contributed by atoms with van der Waals surface area (Å²) >= 11 is 6.08. The SMILES string of the molecule is Cc1ccccc1C(=O)NC(Cc1ccc(Cl)cc1)C(=O)N1CCNC(Cc2ccc3ccccc3c2)C1. The number of nitrogens with one attached hydrogen (secondary N) is 2. The Morgan fingerprint density at radius 3 is 2.45 bits per heavy atom. The van der Waals surface area contributed by atoms with Crippen molar-refractivity contribution < 1.29 is 9.59 Å². The molecule has 0 bridgehead atoms. The number of halogens is 1. The molecule has 2 atom stereocenters. The number of carbonyl (C=O) groups is 2. The molecule has 1 aliphatic rings. The van der Waals surface area contributed by atoms with Gasteiger partial charge in [0.1, 0.15) is 6.04 Å². The highest BCUT2D eigenvalue weighted by Gasteiger charge is 2.30. The van der Waals surface area contributed by atoms with Gasteiger partial charge in [0.25, 0.3) is 5.91 Å². The fourth-order valence-electron chi connectivity index (χ4n) is 5.15. The van der Waals surface area contributed by atoms with Crippen molar-refractivity contribution in [2.75, 3.05) is 19.6 Å². The summed E-state index contributed by atoms with van der Waals surface area (Å²) in [7, 11) is 0. The number of aryl methyl sites for hydroxylation is 1. The number of nitrogens with zero attached hydrogens (tertiary/aromatic N) is 1. The molecule has 1 heterocycles. The number of rotatable bonds is 7. The Balaban J connectivity index is 1.32. The number of amides is 2. The smallest absolute Gasteiger partial charge is 0.252 e. The van der Waals surface area contributed by atoms with Crippen LogP contribution in [-0.2, 0) is 17.6 Å². The number of hydrogen-bond acceptors (Lipinski definition) is 3. The summed E-state index contributed by atoms with van der Waals surface area (Å²) < 4.78 is 0. The van der Waals surface area contributed by atoms with Crippen LogP contribution in [0.1, 0.15) is 27.0 Å². The predicted octanol–water partition coefficient (Wildman–Crippen LogP) is 5.19. The van der Waals surface area contributed by atoms with Crippen LogP contribution in [0.25, 0.3) is 10.8 Å². The largest absolute Gasteiger partial charge is 0.340 e. The molecule has 0 spiro atoms. The predicted molar refractivity (Wildman–Crippen MR) is 154 cm³/mol. The van der Waals surface area contributed by atoms with E-state index in [0.29, 0.717) is 36.6 Å². The summed E-state index contributed by atoms with van der Waals surface area (Å²) in [5.41, 5.74) is 3.64. The van der Waals surface area contributed by atoms with Crippen LogP contribution in [0.5, 0.6) is 0 Å². The minimum atomic E-state index is -0.678. The first-order chi connectivity index (χ1) is 18.5. The molecule has 1 aliphatic heterocycles. The lowest BCUT2D eigenvalue weighted by molar-refractivity contribution is -0.134. The average molecular weight is 526 g/mol. The molecule has 4 aromatic carbocycles. The standard InChI is InChI=1S/C32H32ClN3O2/c1-22-6-2-5-9-29(22)31(37)35-30(20-23-11-14-27(33)15-12-23)32(38)36-17-16-34-28(21-36)19-24-10-13-25-7-3-4-8-26(25)18-24/h2-15,18,28,30,34H,16-17,19-21H2,1H3,(H,35,37). The van der Waals surface area contributed by atoms with E-state index in [1.54, 1.807) is 6.07 Å². The van der Waals surface area contributed by atoms with Gasteiger partial charge in [0, 0.05) is 42.7 Å². The fraction of sp³-hybridized carbons (Fsp3) is 0.250. The molecule has 194 valence electrons. The molecule has 0 saturated carbocycles. The first-order valence-electron chi connectivity index (χ1n) is 13.1. The van der Waals surface area contributed by atoms with Gasteiger partial charge in [-0.3, -0.25) is 9.59 Å². The summed E-state index contributed by atoms with van der Waals surface area (Å²) in [5.74, 6) is -0.301. The monoisotopic (exact) mass is 525 g/mol. The van der Waals surface area contributed by atoms with Gasteiger partial charge in [-0.1, -0.05) is 84.4 Å². The van der Waals surface area contributed by atoms with Crippen LogP contribution < -0.4 is 10.6 Å².